The number of alkyl halides is 3. The van der Waals surface area contributed by atoms with Gasteiger partial charge in [-0.25, -0.2) is 0 Å². The smallest absolute Gasteiger partial charge is 0.417 e. The number of carbonyl (C=O) groups excluding carboxylic acids is 1. The van der Waals surface area contributed by atoms with E-state index in [0.717, 1.165) is 23.6 Å². The molecule has 0 saturated carbocycles. The van der Waals surface area contributed by atoms with Crippen LogP contribution in [0.4, 0.5) is 24.5 Å². The summed E-state index contributed by atoms with van der Waals surface area (Å²) in [5.74, 6) is 0.345. The number of hydrogen-bond donors (Lipinski definition) is 2. The molecule has 0 fully saturated rings. The molecule has 0 aliphatic carbocycles. The first-order valence-corrected chi connectivity index (χ1v) is 8.30. The minimum absolute atomic E-state index is 0.0489. The third-order valence-corrected chi connectivity index (χ3v) is 3.73. The van der Waals surface area contributed by atoms with Crippen molar-refractivity contribution in [2.75, 3.05) is 23.8 Å². The molecule has 0 heterocycles. The summed E-state index contributed by atoms with van der Waals surface area (Å²) >= 11 is 5.55. The summed E-state index contributed by atoms with van der Waals surface area (Å²) in [6.45, 7) is 2.80. The van der Waals surface area contributed by atoms with E-state index in [4.69, 9.17) is 16.3 Å². The number of ether oxygens (including phenoxy) is 1. The molecule has 0 aliphatic heterocycles. The molecule has 2 aromatic rings. The Morgan fingerprint density at radius 1 is 1.12 bits per heavy atom. The van der Waals surface area contributed by atoms with E-state index in [0.29, 0.717) is 13.2 Å². The summed E-state index contributed by atoms with van der Waals surface area (Å²) in [5.41, 5.74) is -0.121. The van der Waals surface area contributed by atoms with Crippen LogP contribution in [0.25, 0.3) is 0 Å². The second-order valence-electron chi connectivity index (χ2n) is 5.37. The first-order chi connectivity index (χ1) is 12.3. The second-order valence-corrected chi connectivity index (χ2v) is 5.78. The minimum Gasteiger partial charge on any atom is -0.494 e. The van der Waals surface area contributed by atoms with Gasteiger partial charge in [-0.3, -0.25) is 4.79 Å². The fraction of sp³-hybridized carbons (Fsp3) is 0.278. The van der Waals surface area contributed by atoms with Gasteiger partial charge in [-0.15, -0.1) is 0 Å². The Morgan fingerprint density at radius 3 is 2.38 bits per heavy atom. The van der Waals surface area contributed by atoms with Crippen LogP contribution >= 0.6 is 11.6 Å². The van der Waals surface area contributed by atoms with Crippen molar-refractivity contribution in [2.45, 2.75) is 19.5 Å². The van der Waals surface area contributed by atoms with E-state index in [1.54, 1.807) is 12.1 Å². The van der Waals surface area contributed by atoms with Crippen LogP contribution in [0.1, 0.15) is 18.9 Å². The van der Waals surface area contributed by atoms with Gasteiger partial charge in [-0.1, -0.05) is 11.6 Å². The minimum atomic E-state index is -4.58. The van der Waals surface area contributed by atoms with Gasteiger partial charge in [-0.05, 0) is 49.4 Å². The van der Waals surface area contributed by atoms with E-state index in [2.05, 4.69) is 10.6 Å². The third kappa shape index (κ3) is 5.84. The molecule has 0 unspecified atom stereocenters. The lowest BCUT2D eigenvalue weighted by atomic mass is 10.2. The molecule has 26 heavy (non-hydrogen) atoms. The average Bonchev–Trinajstić information content (AvgIpc) is 2.57. The van der Waals surface area contributed by atoms with E-state index in [1.165, 1.54) is 6.07 Å². The second kappa shape index (κ2) is 8.80. The van der Waals surface area contributed by atoms with Crippen molar-refractivity contribution in [1.82, 2.24) is 0 Å². The molecule has 8 heteroatoms. The molecule has 0 aliphatic rings. The molecule has 0 aromatic heterocycles. The van der Waals surface area contributed by atoms with Gasteiger partial charge in [0, 0.05) is 24.3 Å². The Labute approximate surface area is 154 Å². The van der Waals surface area contributed by atoms with Crippen molar-refractivity contribution < 1.29 is 22.7 Å². The van der Waals surface area contributed by atoms with Crippen LogP contribution in [0.2, 0.25) is 5.02 Å². The molecule has 1 amide bonds. The van der Waals surface area contributed by atoms with Crippen LogP contribution in [-0.2, 0) is 11.0 Å². The molecule has 0 spiro atoms. The van der Waals surface area contributed by atoms with Crippen LogP contribution in [0.5, 0.6) is 5.75 Å². The van der Waals surface area contributed by atoms with E-state index in [1.807, 2.05) is 19.1 Å². The highest BCUT2D eigenvalue weighted by molar-refractivity contribution is 6.31. The van der Waals surface area contributed by atoms with Gasteiger partial charge in [0.2, 0.25) is 5.91 Å². The Balaban J connectivity index is 1.85. The fourth-order valence-electron chi connectivity index (χ4n) is 2.20. The standard InChI is InChI=1S/C18H18ClF3N2O2/c1-2-26-14-6-3-12(4-7-14)23-10-9-17(25)24-13-5-8-16(19)15(11-13)18(20,21)22/h3-8,11,23H,2,9-10H2,1H3,(H,24,25). The zero-order chi connectivity index (χ0) is 19.2. The maximum absolute atomic E-state index is 12.8. The Morgan fingerprint density at radius 2 is 1.77 bits per heavy atom. The number of benzene rings is 2. The summed E-state index contributed by atoms with van der Waals surface area (Å²) in [7, 11) is 0. The molecule has 0 atom stereocenters. The highest BCUT2D eigenvalue weighted by Gasteiger charge is 2.33. The SMILES string of the molecule is CCOc1ccc(NCCC(=O)Nc2ccc(Cl)c(C(F)(F)F)c2)cc1. The third-order valence-electron chi connectivity index (χ3n) is 3.40. The van der Waals surface area contributed by atoms with Gasteiger partial charge in [0.05, 0.1) is 17.2 Å². The zero-order valence-corrected chi connectivity index (χ0v) is 14.7. The Kier molecular flexibility index (Phi) is 6.74. The van der Waals surface area contributed by atoms with E-state index in [-0.39, 0.29) is 12.1 Å². The molecular formula is C18H18ClF3N2O2. The van der Waals surface area contributed by atoms with Crippen LogP contribution in [-0.4, -0.2) is 19.1 Å². The Hall–Kier alpha value is -2.41. The Bertz CT molecular complexity index is 749. The molecule has 140 valence electrons. The first kappa shape index (κ1) is 19.9. The maximum atomic E-state index is 12.8. The molecule has 4 nitrogen and oxygen atoms in total. The lowest BCUT2D eigenvalue weighted by Gasteiger charge is -2.12. The predicted octanol–water partition coefficient (Wildman–Crippen LogP) is 5.20. The molecular weight excluding hydrogens is 369 g/mol. The summed E-state index contributed by atoms with van der Waals surface area (Å²) in [6, 6.07) is 10.5. The van der Waals surface area contributed by atoms with Crippen molar-refractivity contribution in [1.29, 1.82) is 0 Å². The summed E-state index contributed by atoms with van der Waals surface area (Å²) in [6.07, 6.45) is -4.48. The number of halogens is 4. The molecule has 2 aromatic carbocycles. The van der Waals surface area contributed by atoms with E-state index in [9.17, 15) is 18.0 Å². The van der Waals surface area contributed by atoms with Crippen LogP contribution in [0.3, 0.4) is 0 Å². The number of hydrogen-bond acceptors (Lipinski definition) is 3. The van der Waals surface area contributed by atoms with Crippen LogP contribution in [0, 0.1) is 0 Å². The van der Waals surface area contributed by atoms with Crippen molar-refractivity contribution >= 4 is 28.9 Å². The topological polar surface area (TPSA) is 50.4 Å². The largest absolute Gasteiger partial charge is 0.494 e. The monoisotopic (exact) mass is 386 g/mol. The normalized spacial score (nSPS) is 11.1. The first-order valence-electron chi connectivity index (χ1n) is 7.93. The highest BCUT2D eigenvalue weighted by Crippen LogP contribution is 2.36. The number of anilines is 2. The van der Waals surface area contributed by atoms with Crippen molar-refractivity contribution in [3.8, 4) is 5.75 Å². The number of rotatable bonds is 7. The molecule has 0 bridgehead atoms. The fourth-order valence-corrected chi connectivity index (χ4v) is 2.42. The summed E-state index contributed by atoms with van der Waals surface area (Å²) in [4.78, 5) is 11.9. The van der Waals surface area contributed by atoms with Crippen molar-refractivity contribution in [3.05, 3.63) is 53.1 Å². The predicted molar refractivity (Wildman–Crippen MR) is 95.8 cm³/mol. The lowest BCUT2D eigenvalue weighted by Crippen LogP contribution is -2.17. The quantitative estimate of drug-likeness (QED) is 0.687. The summed E-state index contributed by atoms with van der Waals surface area (Å²) < 4.78 is 43.8. The highest BCUT2D eigenvalue weighted by atomic mass is 35.5. The van der Waals surface area contributed by atoms with Gasteiger partial charge in [-0.2, -0.15) is 13.2 Å². The number of amides is 1. The van der Waals surface area contributed by atoms with Crippen LogP contribution in [0.15, 0.2) is 42.5 Å². The summed E-state index contributed by atoms with van der Waals surface area (Å²) in [5, 5.41) is 5.08. The van der Waals surface area contributed by atoms with Gasteiger partial charge < -0.3 is 15.4 Å². The zero-order valence-electron chi connectivity index (χ0n) is 14.0. The van der Waals surface area contributed by atoms with Gasteiger partial charge >= 0.3 is 6.18 Å². The van der Waals surface area contributed by atoms with Crippen LogP contribution < -0.4 is 15.4 Å². The molecule has 0 radical (unpaired) electrons. The number of nitrogens with one attached hydrogen (secondary N) is 2. The van der Waals surface area contributed by atoms with Crippen molar-refractivity contribution in [2.24, 2.45) is 0 Å². The van der Waals surface area contributed by atoms with Gasteiger partial charge in [0.25, 0.3) is 0 Å². The molecule has 0 saturated heterocycles. The van der Waals surface area contributed by atoms with Gasteiger partial charge in [0.1, 0.15) is 5.75 Å². The lowest BCUT2D eigenvalue weighted by molar-refractivity contribution is -0.137. The van der Waals surface area contributed by atoms with E-state index < -0.39 is 22.7 Å². The number of carbonyl (C=O) groups is 1. The van der Waals surface area contributed by atoms with Crippen molar-refractivity contribution in [3.63, 3.8) is 0 Å². The van der Waals surface area contributed by atoms with Gasteiger partial charge in [0.15, 0.2) is 0 Å². The average molecular weight is 387 g/mol. The molecule has 2 N–H and O–H groups in total. The van der Waals surface area contributed by atoms with E-state index >= 15 is 0 Å². The molecule has 2 rings (SSSR count). The maximum Gasteiger partial charge on any atom is 0.417 e.